The summed E-state index contributed by atoms with van der Waals surface area (Å²) in [6, 6.07) is 6.88. The smallest absolute Gasteiger partial charge is 0.266 e. The number of rotatable bonds is 8. The van der Waals surface area contributed by atoms with Gasteiger partial charge in [0.15, 0.2) is 6.10 Å². The van der Waals surface area contributed by atoms with Gasteiger partial charge >= 0.3 is 0 Å². The minimum Gasteiger partial charge on any atom is -0.481 e. The lowest BCUT2D eigenvalue weighted by atomic mass is 10.2. The Morgan fingerprint density at radius 2 is 2.04 bits per heavy atom. The van der Waals surface area contributed by atoms with Crippen molar-refractivity contribution in [2.24, 2.45) is 0 Å². The molecule has 124 valence electrons. The van der Waals surface area contributed by atoms with Crippen LogP contribution in [0, 0.1) is 0 Å². The molecule has 0 saturated heterocycles. The number of nitrogens with one attached hydrogen (secondary N) is 1. The standard InChI is InChI=1S/C16H20ClN3O2S/c1-3-4-5-6-14-19-20-16(23-14)18-15(21)11(2)22-13-9-7-12(17)8-10-13/h7-11H,3-6H2,1-2H3,(H,18,20,21). The fraction of sp³-hybridized carbons (Fsp3) is 0.438. The van der Waals surface area contributed by atoms with Gasteiger partial charge in [-0.1, -0.05) is 42.7 Å². The Morgan fingerprint density at radius 1 is 1.30 bits per heavy atom. The van der Waals surface area contributed by atoms with E-state index in [2.05, 4.69) is 22.4 Å². The van der Waals surface area contributed by atoms with Gasteiger partial charge in [0.05, 0.1) is 0 Å². The number of hydrogen-bond acceptors (Lipinski definition) is 5. The molecule has 0 bridgehead atoms. The van der Waals surface area contributed by atoms with Crippen LogP contribution in [0.25, 0.3) is 0 Å². The first-order valence-electron chi connectivity index (χ1n) is 7.64. The number of carbonyl (C=O) groups excluding carboxylic acids is 1. The van der Waals surface area contributed by atoms with Gasteiger partial charge in [0.2, 0.25) is 5.13 Å². The predicted octanol–water partition coefficient (Wildman–Crippen LogP) is 4.33. The zero-order chi connectivity index (χ0) is 16.7. The maximum Gasteiger partial charge on any atom is 0.266 e. The summed E-state index contributed by atoms with van der Waals surface area (Å²) < 4.78 is 5.58. The Kier molecular flexibility index (Phi) is 6.80. The normalized spacial score (nSPS) is 12.0. The number of unbranched alkanes of at least 4 members (excludes halogenated alkanes) is 2. The van der Waals surface area contributed by atoms with Crippen LogP contribution >= 0.6 is 22.9 Å². The molecule has 0 saturated carbocycles. The summed E-state index contributed by atoms with van der Waals surface area (Å²) in [5.74, 6) is 0.339. The van der Waals surface area contributed by atoms with Crippen LogP contribution < -0.4 is 10.1 Å². The van der Waals surface area contributed by atoms with Gasteiger partial charge < -0.3 is 4.74 Å². The van der Waals surface area contributed by atoms with E-state index in [0.717, 1.165) is 17.8 Å². The molecular formula is C16H20ClN3O2S. The molecule has 5 nitrogen and oxygen atoms in total. The highest BCUT2D eigenvalue weighted by Gasteiger charge is 2.17. The van der Waals surface area contributed by atoms with Gasteiger partial charge in [-0.2, -0.15) is 0 Å². The first-order chi connectivity index (χ1) is 11.1. The van der Waals surface area contributed by atoms with E-state index in [0.29, 0.717) is 15.9 Å². The highest BCUT2D eigenvalue weighted by atomic mass is 35.5. The third-order valence-corrected chi connectivity index (χ3v) is 4.34. The molecule has 0 radical (unpaired) electrons. The lowest BCUT2D eigenvalue weighted by molar-refractivity contribution is -0.122. The predicted molar refractivity (Wildman–Crippen MR) is 93.3 cm³/mol. The monoisotopic (exact) mass is 353 g/mol. The summed E-state index contributed by atoms with van der Waals surface area (Å²) >= 11 is 7.23. The van der Waals surface area contributed by atoms with Gasteiger partial charge in [-0.05, 0) is 37.6 Å². The summed E-state index contributed by atoms with van der Waals surface area (Å²) in [7, 11) is 0. The Morgan fingerprint density at radius 3 is 2.74 bits per heavy atom. The van der Waals surface area contributed by atoms with Gasteiger partial charge in [0, 0.05) is 11.4 Å². The zero-order valence-corrected chi connectivity index (χ0v) is 14.8. The first-order valence-corrected chi connectivity index (χ1v) is 8.83. The Balaban J connectivity index is 1.84. The molecular weight excluding hydrogens is 334 g/mol. The molecule has 0 fully saturated rings. The van der Waals surface area contributed by atoms with Crippen LogP contribution in [0.15, 0.2) is 24.3 Å². The molecule has 1 unspecified atom stereocenters. The van der Waals surface area contributed by atoms with Crippen molar-refractivity contribution in [2.45, 2.75) is 45.6 Å². The molecule has 0 aliphatic carbocycles. The second-order valence-corrected chi connectivity index (χ2v) is 6.66. The van der Waals surface area contributed by atoms with Crippen LogP contribution in [-0.4, -0.2) is 22.2 Å². The van der Waals surface area contributed by atoms with Crippen LogP contribution in [0.2, 0.25) is 5.02 Å². The van der Waals surface area contributed by atoms with Gasteiger partial charge in [-0.15, -0.1) is 10.2 Å². The number of aromatic nitrogens is 2. The summed E-state index contributed by atoms with van der Waals surface area (Å²) in [4.78, 5) is 12.1. The summed E-state index contributed by atoms with van der Waals surface area (Å²) in [5.41, 5.74) is 0. The number of anilines is 1. The highest BCUT2D eigenvalue weighted by Crippen LogP contribution is 2.19. The van der Waals surface area contributed by atoms with Gasteiger partial charge in [-0.25, -0.2) is 0 Å². The molecule has 1 aromatic carbocycles. The number of amides is 1. The van der Waals surface area contributed by atoms with E-state index >= 15 is 0 Å². The topological polar surface area (TPSA) is 64.1 Å². The van der Waals surface area contributed by atoms with E-state index < -0.39 is 6.10 Å². The van der Waals surface area contributed by atoms with Crippen molar-refractivity contribution in [1.29, 1.82) is 0 Å². The van der Waals surface area contributed by atoms with Crippen molar-refractivity contribution < 1.29 is 9.53 Å². The zero-order valence-electron chi connectivity index (χ0n) is 13.2. The lowest BCUT2D eigenvalue weighted by Crippen LogP contribution is -2.30. The van der Waals surface area contributed by atoms with Crippen LogP contribution in [-0.2, 0) is 11.2 Å². The summed E-state index contributed by atoms with van der Waals surface area (Å²) in [6.07, 6.45) is 3.70. The van der Waals surface area contributed by atoms with E-state index in [4.69, 9.17) is 16.3 Å². The SMILES string of the molecule is CCCCCc1nnc(NC(=O)C(C)Oc2ccc(Cl)cc2)s1. The number of hydrogen-bond donors (Lipinski definition) is 1. The van der Waals surface area contributed by atoms with Crippen LogP contribution in [0.3, 0.4) is 0 Å². The van der Waals surface area contributed by atoms with Crippen molar-refractivity contribution in [2.75, 3.05) is 5.32 Å². The molecule has 2 aromatic rings. The lowest BCUT2D eigenvalue weighted by Gasteiger charge is -2.13. The minimum absolute atomic E-state index is 0.254. The third kappa shape index (κ3) is 5.80. The molecule has 0 spiro atoms. The van der Waals surface area contributed by atoms with E-state index in [1.807, 2.05) is 0 Å². The average molecular weight is 354 g/mol. The Bertz CT molecular complexity index is 631. The quantitative estimate of drug-likeness (QED) is 0.717. The largest absolute Gasteiger partial charge is 0.481 e. The van der Waals surface area contributed by atoms with Gasteiger partial charge in [-0.3, -0.25) is 10.1 Å². The molecule has 1 heterocycles. The van der Waals surface area contributed by atoms with Crippen molar-refractivity contribution in [1.82, 2.24) is 10.2 Å². The number of aryl methyl sites for hydroxylation is 1. The highest BCUT2D eigenvalue weighted by molar-refractivity contribution is 7.15. The van der Waals surface area contributed by atoms with Crippen molar-refractivity contribution in [3.05, 3.63) is 34.3 Å². The first kappa shape index (κ1) is 17.7. The average Bonchev–Trinajstić information content (AvgIpc) is 2.97. The van der Waals surface area contributed by atoms with E-state index in [1.165, 1.54) is 24.2 Å². The maximum atomic E-state index is 12.1. The maximum absolute atomic E-state index is 12.1. The number of ether oxygens (including phenoxy) is 1. The molecule has 1 aromatic heterocycles. The van der Waals surface area contributed by atoms with Gasteiger partial charge in [0.1, 0.15) is 10.8 Å². The third-order valence-electron chi connectivity index (χ3n) is 3.19. The number of halogens is 1. The molecule has 1 amide bonds. The Hall–Kier alpha value is -1.66. The summed E-state index contributed by atoms with van der Waals surface area (Å²) in [5, 5.41) is 12.9. The van der Waals surface area contributed by atoms with Crippen molar-refractivity contribution >= 4 is 34.0 Å². The fourth-order valence-electron chi connectivity index (χ4n) is 1.91. The molecule has 2 rings (SSSR count). The van der Waals surface area contributed by atoms with Crippen LogP contribution in [0.5, 0.6) is 5.75 Å². The summed E-state index contributed by atoms with van der Waals surface area (Å²) in [6.45, 7) is 3.85. The molecule has 23 heavy (non-hydrogen) atoms. The molecule has 7 heteroatoms. The van der Waals surface area contributed by atoms with Crippen molar-refractivity contribution in [3.63, 3.8) is 0 Å². The van der Waals surface area contributed by atoms with E-state index in [-0.39, 0.29) is 5.91 Å². The molecule has 0 aliphatic heterocycles. The molecule has 1 atom stereocenters. The van der Waals surface area contributed by atoms with Crippen molar-refractivity contribution in [3.8, 4) is 5.75 Å². The second-order valence-electron chi connectivity index (χ2n) is 5.16. The second kappa shape index (κ2) is 8.84. The number of benzene rings is 1. The van der Waals surface area contributed by atoms with E-state index in [1.54, 1.807) is 31.2 Å². The fourth-order valence-corrected chi connectivity index (χ4v) is 2.82. The van der Waals surface area contributed by atoms with E-state index in [9.17, 15) is 4.79 Å². The number of nitrogens with zero attached hydrogens (tertiary/aromatic N) is 2. The van der Waals surface area contributed by atoms with Gasteiger partial charge in [0.25, 0.3) is 5.91 Å². The Labute approximate surface area is 145 Å². The van der Waals surface area contributed by atoms with Crippen LogP contribution in [0.4, 0.5) is 5.13 Å². The molecule has 1 N–H and O–H groups in total. The minimum atomic E-state index is -0.636. The number of carbonyl (C=O) groups is 1. The molecule has 0 aliphatic rings. The van der Waals surface area contributed by atoms with Crippen LogP contribution in [0.1, 0.15) is 38.1 Å².